The van der Waals surface area contributed by atoms with Crippen LogP contribution in [0.25, 0.3) is 11.3 Å². The van der Waals surface area contributed by atoms with Gasteiger partial charge >= 0.3 is 5.97 Å². The number of hydrogen-bond donors (Lipinski definition) is 0. The zero-order valence-corrected chi connectivity index (χ0v) is 15.8. The lowest BCUT2D eigenvalue weighted by Gasteiger charge is -2.10. The fourth-order valence-corrected chi connectivity index (χ4v) is 2.95. The molecule has 0 saturated heterocycles. The summed E-state index contributed by atoms with van der Waals surface area (Å²) in [6.45, 7) is 7.13. The zero-order valence-electron chi connectivity index (χ0n) is 15.8. The maximum absolute atomic E-state index is 12.6. The van der Waals surface area contributed by atoms with Gasteiger partial charge in [-0.05, 0) is 50.5 Å². The van der Waals surface area contributed by atoms with Crippen molar-refractivity contribution < 1.29 is 18.8 Å². The van der Waals surface area contributed by atoms with Gasteiger partial charge < -0.3 is 9.26 Å². The second-order valence-electron chi connectivity index (χ2n) is 6.58. The minimum atomic E-state index is -0.623. The Balaban J connectivity index is 1.79. The maximum atomic E-state index is 12.6. The van der Waals surface area contributed by atoms with Gasteiger partial charge in [-0.1, -0.05) is 41.6 Å². The summed E-state index contributed by atoms with van der Waals surface area (Å²) < 4.78 is 10.5. The monoisotopic (exact) mass is 363 g/mol. The number of hydrogen-bond acceptors (Lipinski definition) is 5. The second-order valence-corrected chi connectivity index (χ2v) is 6.58. The minimum absolute atomic E-state index is 0.237. The molecule has 3 aromatic rings. The fraction of sp³-hybridized carbons (Fsp3) is 0.227. The molecule has 0 amide bonds. The van der Waals surface area contributed by atoms with Crippen molar-refractivity contribution in [1.29, 1.82) is 0 Å². The standard InChI is InChI=1S/C22H21NO4/c1-13-10-15(3)18(11-14(13)2)19(24)12-26-22(25)20-16(4)27-23-21(20)17-8-6-5-7-9-17/h5-11H,12H2,1-4H3. The van der Waals surface area contributed by atoms with Crippen LogP contribution in [-0.2, 0) is 4.74 Å². The maximum Gasteiger partial charge on any atom is 0.344 e. The number of carbonyl (C=O) groups excluding carboxylic acids is 2. The molecule has 0 aliphatic rings. The Kier molecular flexibility index (Phi) is 5.21. The molecule has 0 saturated carbocycles. The smallest absolute Gasteiger partial charge is 0.344 e. The van der Waals surface area contributed by atoms with E-state index in [9.17, 15) is 9.59 Å². The van der Waals surface area contributed by atoms with Gasteiger partial charge in [0.1, 0.15) is 17.0 Å². The van der Waals surface area contributed by atoms with Gasteiger partial charge in [-0.3, -0.25) is 4.79 Å². The van der Waals surface area contributed by atoms with E-state index in [1.165, 1.54) is 0 Å². The quantitative estimate of drug-likeness (QED) is 0.489. The first-order valence-corrected chi connectivity index (χ1v) is 8.68. The van der Waals surface area contributed by atoms with Crippen LogP contribution in [0, 0.1) is 27.7 Å². The van der Waals surface area contributed by atoms with Crippen molar-refractivity contribution in [2.45, 2.75) is 27.7 Å². The van der Waals surface area contributed by atoms with Crippen LogP contribution in [0.5, 0.6) is 0 Å². The van der Waals surface area contributed by atoms with Crippen molar-refractivity contribution in [3.05, 3.63) is 76.0 Å². The summed E-state index contributed by atoms with van der Waals surface area (Å²) in [6.07, 6.45) is 0. The highest BCUT2D eigenvalue weighted by Gasteiger charge is 2.24. The third kappa shape index (κ3) is 3.82. The summed E-state index contributed by atoms with van der Waals surface area (Å²) in [5.74, 6) is -0.504. The predicted octanol–water partition coefficient (Wildman–Crippen LogP) is 4.61. The van der Waals surface area contributed by atoms with Gasteiger partial charge in [0, 0.05) is 11.1 Å². The highest BCUT2D eigenvalue weighted by atomic mass is 16.5. The molecule has 5 heteroatoms. The molecule has 0 spiro atoms. The Morgan fingerprint density at radius 1 is 0.963 bits per heavy atom. The SMILES string of the molecule is Cc1cc(C)c(C(=O)COC(=O)c2c(-c3ccccc3)noc2C)cc1C. The van der Waals surface area contributed by atoms with E-state index in [1.54, 1.807) is 6.92 Å². The van der Waals surface area contributed by atoms with Crippen molar-refractivity contribution in [3.8, 4) is 11.3 Å². The number of ether oxygens (including phenoxy) is 1. The number of rotatable bonds is 5. The summed E-state index contributed by atoms with van der Waals surface area (Å²) in [5.41, 5.74) is 4.98. The van der Waals surface area contributed by atoms with E-state index >= 15 is 0 Å². The number of Topliss-reactive ketones (excluding diaryl/α,β-unsaturated/α-hetero) is 1. The average Bonchev–Trinajstić information content (AvgIpc) is 3.04. The van der Waals surface area contributed by atoms with Crippen LogP contribution in [0.2, 0.25) is 0 Å². The lowest BCUT2D eigenvalue weighted by Crippen LogP contribution is -2.16. The molecule has 0 N–H and O–H groups in total. The Labute approximate surface area is 158 Å². The molecule has 2 aromatic carbocycles. The molecule has 1 aromatic heterocycles. The highest BCUT2D eigenvalue weighted by Crippen LogP contribution is 2.26. The first-order valence-electron chi connectivity index (χ1n) is 8.68. The number of carbonyl (C=O) groups is 2. The molecule has 3 rings (SSSR count). The molecule has 0 unspecified atom stereocenters. The van der Waals surface area contributed by atoms with E-state index in [4.69, 9.17) is 9.26 Å². The Bertz CT molecular complexity index is 1000. The number of aromatic nitrogens is 1. The molecule has 0 bridgehead atoms. The molecule has 0 fully saturated rings. The largest absolute Gasteiger partial charge is 0.454 e. The topological polar surface area (TPSA) is 69.4 Å². The van der Waals surface area contributed by atoms with Crippen LogP contribution in [0.1, 0.15) is 43.2 Å². The average molecular weight is 363 g/mol. The molecule has 27 heavy (non-hydrogen) atoms. The Morgan fingerprint density at radius 2 is 1.63 bits per heavy atom. The second kappa shape index (κ2) is 7.58. The zero-order chi connectivity index (χ0) is 19.6. The van der Waals surface area contributed by atoms with E-state index in [1.807, 2.05) is 63.2 Å². The van der Waals surface area contributed by atoms with Crippen LogP contribution in [0.15, 0.2) is 47.0 Å². The number of esters is 1. The molecule has 0 radical (unpaired) electrons. The first kappa shape index (κ1) is 18.6. The van der Waals surface area contributed by atoms with Crippen molar-refractivity contribution in [2.75, 3.05) is 6.61 Å². The van der Waals surface area contributed by atoms with Crippen LogP contribution < -0.4 is 0 Å². The predicted molar refractivity (Wildman–Crippen MR) is 102 cm³/mol. The molecular formula is C22H21NO4. The summed E-state index contributed by atoms with van der Waals surface area (Å²) in [7, 11) is 0. The van der Waals surface area contributed by atoms with Crippen molar-refractivity contribution in [3.63, 3.8) is 0 Å². The van der Waals surface area contributed by atoms with Crippen LogP contribution in [0.3, 0.4) is 0 Å². The molecule has 0 atom stereocenters. The van der Waals surface area contributed by atoms with Gasteiger partial charge in [0.2, 0.25) is 5.78 Å². The number of aryl methyl sites for hydroxylation is 4. The van der Waals surface area contributed by atoms with Gasteiger partial charge in [0.05, 0.1) is 0 Å². The van der Waals surface area contributed by atoms with E-state index in [0.29, 0.717) is 17.0 Å². The van der Waals surface area contributed by atoms with Gasteiger partial charge in [-0.25, -0.2) is 4.79 Å². The third-order valence-electron chi connectivity index (χ3n) is 4.59. The number of nitrogens with zero attached hydrogens (tertiary/aromatic N) is 1. The van der Waals surface area contributed by atoms with E-state index in [-0.39, 0.29) is 18.0 Å². The van der Waals surface area contributed by atoms with Gasteiger partial charge in [-0.2, -0.15) is 0 Å². The lowest BCUT2D eigenvalue weighted by molar-refractivity contribution is 0.0473. The van der Waals surface area contributed by atoms with Crippen LogP contribution >= 0.6 is 0 Å². The van der Waals surface area contributed by atoms with Crippen molar-refractivity contribution in [1.82, 2.24) is 5.16 Å². The first-order chi connectivity index (χ1) is 12.9. The molecule has 138 valence electrons. The lowest BCUT2D eigenvalue weighted by atomic mass is 9.98. The molecule has 0 aliphatic heterocycles. The number of ketones is 1. The normalized spacial score (nSPS) is 10.7. The number of benzene rings is 2. The van der Waals surface area contributed by atoms with E-state index in [0.717, 1.165) is 22.3 Å². The molecule has 0 aliphatic carbocycles. The summed E-state index contributed by atoms with van der Waals surface area (Å²) >= 11 is 0. The molecule has 1 heterocycles. The van der Waals surface area contributed by atoms with E-state index < -0.39 is 5.97 Å². The van der Waals surface area contributed by atoms with Crippen molar-refractivity contribution >= 4 is 11.8 Å². The summed E-state index contributed by atoms with van der Waals surface area (Å²) in [4.78, 5) is 25.1. The van der Waals surface area contributed by atoms with Gasteiger partial charge in [0.25, 0.3) is 0 Å². The summed E-state index contributed by atoms with van der Waals surface area (Å²) in [6, 6.07) is 13.0. The Morgan fingerprint density at radius 3 is 2.33 bits per heavy atom. The van der Waals surface area contributed by atoms with Gasteiger partial charge in [-0.15, -0.1) is 0 Å². The fourth-order valence-electron chi connectivity index (χ4n) is 2.95. The van der Waals surface area contributed by atoms with Crippen LogP contribution in [-0.4, -0.2) is 23.5 Å². The minimum Gasteiger partial charge on any atom is -0.454 e. The molecular weight excluding hydrogens is 342 g/mol. The summed E-state index contributed by atoms with van der Waals surface area (Å²) in [5, 5.41) is 3.97. The highest BCUT2D eigenvalue weighted by molar-refractivity contribution is 6.02. The van der Waals surface area contributed by atoms with Crippen molar-refractivity contribution in [2.24, 2.45) is 0 Å². The van der Waals surface area contributed by atoms with Gasteiger partial charge in [0.15, 0.2) is 6.61 Å². The van der Waals surface area contributed by atoms with E-state index in [2.05, 4.69) is 5.16 Å². The van der Waals surface area contributed by atoms with Crippen LogP contribution in [0.4, 0.5) is 0 Å². The Hall–Kier alpha value is -3.21. The third-order valence-corrected chi connectivity index (χ3v) is 4.59. The molecule has 5 nitrogen and oxygen atoms in total.